The number of ether oxygens (including phenoxy) is 1. The molecule has 178 valence electrons. The van der Waals surface area contributed by atoms with Crippen LogP contribution in [0.4, 0.5) is 4.39 Å². The molecule has 0 spiro atoms. The minimum atomic E-state index is -3.59. The molecule has 0 saturated carbocycles. The van der Waals surface area contributed by atoms with Gasteiger partial charge in [-0.2, -0.15) is 4.31 Å². The number of hydrogen-bond donors (Lipinski definition) is 2. The summed E-state index contributed by atoms with van der Waals surface area (Å²) in [6.45, 7) is 5.07. The van der Waals surface area contributed by atoms with E-state index in [-0.39, 0.29) is 22.9 Å². The molecule has 1 aliphatic heterocycles. The van der Waals surface area contributed by atoms with Gasteiger partial charge in [0.05, 0.1) is 23.7 Å². The molecule has 2 N–H and O–H groups in total. The first-order valence-electron chi connectivity index (χ1n) is 10.7. The molecule has 2 aromatic carbocycles. The van der Waals surface area contributed by atoms with E-state index in [2.05, 4.69) is 10.6 Å². The molecule has 33 heavy (non-hydrogen) atoms. The summed E-state index contributed by atoms with van der Waals surface area (Å²) in [4.78, 5) is 25.3. The van der Waals surface area contributed by atoms with Gasteiger partial charge in [-0.05, 0) is 35.7 Å². The monoisotopic (exact) mass is 477 g/mol. The first kappa shape index (κ1) is 24.8. The van der Waals surface area contributed by atoms with Crippen LogP contribution in [0.15, 0.2) is 53.4 Å². The highest BCUT2D eigenvalue weighted by molar-refractivity contribution is 7.89. The molecule has 0 radical (unpaired) electrons. The van der Waals surface area contributed by atoms with Crippen molar-refractivity contribution in [1.29, 1.82) is 0 Å². The first-order chi connectivity index (χ1) is 15.7. The summed E-state index contributed by atoms with van der Waals surface area (Å²) < 4.78 is 45.9. The average Bonchev–Trinajstić information content (AvgIpc) is 2.81. The molecule has 3 rings (SSSR count). The Kier molecular flexibility index (Phi) is 8.17. The number of benzene rings is 2. The Balaban J connectivity index is 1.61. The lowest BCUT2D eigenvalue weighted by atomic mass is 10.0. The molecular formula is C23H28FN3O5S. The van der Waals surface area contributed by atoms with Crippen LogP contribution >= 0.6 is 0 Å². The highest BCUT2D eigenvalue weighted by atomic mass is 32.2. The quantitative estimate of drug-likeness (QED) is 0.605. The number of amides is 2. The highest BCUT2D eigenvalue weighted by Gasteiger charge is 2.27. The minimum Gasteiger partial charge on any atom is -0.379 e. The number of nitrogens with zero attached hydrogens (tertiary/aromatic N) is 1. The predicted molar refractivity (Wildman–Crippen MR) is 120 cm³/mol. The van der Waals surface area contributed by atoms with E-state index in [9.17, 15) is 22.4 Å². The molecule has 0 aliphatic carbocycles. The van der Waals surface area contributed by atoms with Crippen LogP contribution in [0.1, 0.15) is 29.8 Å². The average molecular weight is 478 g/mol. The number of sulfonamides is 1. The molecule has 2 amide bonds. The zero-order valence-corrected chi connectivity index (χ0v) is 19.4. The van der Waals surface area contributed by atoms with Crippen molar-refractivity contribution < 1.29 is 27.1 Å². The third-order valence-electron chi connectivity index (χ3n) is 5.35. The molecule has 1 heterocycles. The van der Waals surface area contributed by atoms with Crippen LogP contribution in [-0.4, -0.2) is 56.9 Å². The molecule has 0 aromatic heterocycles. The minimum absolute atomic E-state index is 0.131. The van der Waals surface area contributed by atoms with E-state index in [1.54, 1.807) is 32.0 Å². The Morgan fingerprint density at radius 3 is 2.30 bits per heavy atom. The molecule has 1 saturated heterocycles. The van der Waals surface area contributed by atoms with Crippen molar-refractivity contribution in [3.8, 4) is 0 Å². The molecule has 0 bridgehead atoms. The second-order valence-electron chi connectivity index (χ2n) is 8.05. The Morgan fingerprint density at radius 2 is 1.70 bits per heavy atom. The van der Waals surface area contributed by atoms with E-state index in [1.165, 1.54) is 34.6 Å². The molecular weight excluding hydrogens is 449 g/mol. The van der Waals surface area contributed by atoms with Crippen LogP contribution in [0.2, 0.25) is 0 Å². The van der Waals surface area contributed by atoms with Gasteiger partial charge in [-0.3, -0.25) is 9.59 Å². The van der Waals surface area contributed by atoms with Gasteiger partial charge in [-0.15, -0.1) is 0 Å². The van der Waals surface area contributed by atoms with Crippen molar-refractivity contribution in [3.05, 3.63) is 65.5 Å². The number of morpholine rings is 1. The zero-order valence-electron chi connectivity index (χ0n) is 18.6. The van der Waals surface area contributed by atoms with Gasteiger partial charge in [-0.25, -0.2) is 12.8 Å². The van der Waals surface area contributed by atoms with Crippen molar-refractivity contribution >= 4 is 21.8 Å². The second kappa shape index (κ2) is 10.9. The van der Waals surface area contributed by atoms with Gasteiger partial charge in [0.25, 0.3) is 5.91 Å². The third kappa shape index (κ3) is 6.16. The fourth-order valence-electron chi connectivity index (χ4n) is 3.41. The number of halogens is 1. The van der Waals surface area contributed by atoms with Gasteiger partial charge in [0.2, 0.25) is 15.9 Å². The van der Waals surface area contributed by atoms with Gasteiger partial charge in [-0.1, -0.05) is 38.1 Å². The van der Waals surface area contributed by atoms with E-state index < -0.39 is 33.7 Å². The normalized spacial score (nSPS) is 15.8. The van der Waals surface area contributed by atoms with E-state index >= 15 is 0 Å². The SMILES string of the molecule is CC(C)[C@H](NC(=O)c1ccccc1F)C(=O)NCc1ccc(S(=O)(=O)N2CCOCC2)cc1. The number of rotatable bonds is 8. The van der Waals surface area contributed by atoms with Gasteiger partial charge in [0.15, 0.2) is 0 Å². The molecule has 1 atom stereocenters. The third-order valence-corrected chi connectivity index (χ3v) is 7.27. The maximum absolute atomic E-state index is 13.9. The maximum Gasteiger partial charge on any atom is 0.254 e. The Bertz CT molecular complexity index is 1080. The highest BCUT2D eigenvalue weighted by Crippen LogP contribution is 2.18. The fraction of sp³-hybridized carbons (Fsp3) is 0.391. The number of nitrogens with one attached hydrogen (secondary N) is 2. The molecule has 0 unspecified atom stereocenters. The summed E-state index contributed by atoms with van der Waals surface area (Å²) in [5.41, 5.74) is 0.570. The molecule has 10 heteroatoms. The predicted octanol–water partition coefficient (Wildman–Crippen LogP) is 1.92. The lowest BCUT2D eigenvalue weighted by Crippen LogP contribution is -2.49. The van der Waals surface area contributed by atoms with Crippen molar-refractivity contribution in [3.63, 3.8) is 0 Å². The number of carbonyl (C=O) groups excluding carboxylic acids is 2. The summed E-state index contributed by atoms with van der Waals surface area (Å²) in [5.74, 6) is -1.98. The van der Waals surface area contributed by atoms with Gasteiger partial charge in [0, 0.05) is 19.6 Å². The number of carbonyl (C=O) groups is 2. The van der Waals surface area contributed by atoms with Crippen LogP contribution < -0.4 is 10.6 Å². The fourth-order valence-corrected chi connectivity index (χ4v) is 4.82. The van der Waals surface area contributed by atoms with E-state index in [0.29, 0.717) is 31.9 Å². The van der Waals surface area contributed by atoms with Crippen molar-refractivity contribution in [1.82, 2.24) is 14.9 Å². The van der Waals surface area contributed by atoms with Crippen molar-refractivity contribution in [2.75, 3.05) is 26.3 Å². The summed E-state index contributed by atoms with van der Waals surface area (Å²) >= 11 is 0. The van der Waals surface area contributed by atoms with Gasteiger partial charge in [0.1, 0.15) is 11.9 Å². The molecule has 1 aliphatic rings. The lowest BCUT2D eigenvalue weighted by molar-refractivity contribution is -0.124. The molecule has 8 nitrogen and oxygen atoms in total. The van der Waals surface area contributed by atoms with Crippen LogP contribution in [0.25, 0.3) is 0 Å². The molecule has 1 fully saturated rings. The second-order valence-corrected chi connectivity index (χ2v) is 9.99. The first-order valence-corrected chi connectivity index (χ1v) is 12.1. The topological polar surface area (TPSA) is 105 Å². The summed E-state index contributed by atoms with van der Waals surface area (Å²) in [5, 5.41) is 5.34. The standard InChI is InChI=1S/C23H28FN3O5S/c1-16(2)21(26-22(28)19-5-3-4-6-20(19)24)23(29)25-15-17-7-9-18(10-8-17)33(30,31)27-11-13-32-14-12-27/h3-10,16,21H,11-15H2,1-2H3,(H,25,29)(H,26,28)/t21-/m0/s1. The maximum atomic E-state index is 13.9. The zero-order chi connectivity index (χ0) is 24.0. The largest absolute Gasteiger partial charge is 0.379 e. The number of hydrogen-bond acceptors (Lipinski definition) is 5. The van der Waals surface area contributed by atoms with Crippen molar-refractivity contribution in [2.45, 2.75) is 31.3 Å². The lowest BCUT2D eigenvalue weighted by Gasteiger charge is -2.26. The van der Waals surface area contributed by atoms with Crippen molar-refractivity contribution in [2.24, 2.45) is 5.92 Å². The van der Waals surface area contributed by atoms with Crippen LogP contribution in [0.3, 0.4) is 0 Å². The summed E-state index contributed by atoms with van der Waals surface area (Å²) in [7, 11) is -3.59. The van der Waals surface area contributed by atoms with Crippen LogP contribution in [0, 0.1) is 11.7 Å². The Hall–Kier alpha value is -2.82. The smallest absolute Gasteiger partial charge is 0.254 e. The van der Waals surface area contributed by atoms with E-state index in [4.69, 9.17) is 4.74 Å². The Morgan fingerprint density at radius 1 is 1.06 bits per heavy atom. The molecule has 2 aromatic rings. The van der Waals surface area contributed by atoms with Crippen LogP contribution in [0.5, 0.6) is 0 Å². The van der Waals surface area contributed by atoms with E-state index in [0.717, 1.165) is 0 Å². The van der Waals surface area contributed by atoms with Gasteiger partial charge >= 0.3 is 0 Å². The Labute approximate surface area is 193 Å². The summed E-state index contributed by atoms with van der Waals surface area (Å²) in [6, 6.07) is 11.0. The van der Waals surface area contributed by atoms with Crippen LogP contribution in [-0.2, 0) is 26.1 Å². The van der Waals surface area contributed by atoms with Gasteiger partial charge < -0.3 is 15.4 Å². The van der Waals surface area contributed by atoms with E-state index in [1.807, 2.05) is 0 Å². The summed E-state index contributed by atoms with van der Waals surface area (Å²) in [6.07, 6.45) is 0.